The number of halogens is 2. The number of nitrogens with zero attached hydrogens (tertiary/aromatic N) is 4. The number of para-hydroxylation sites is 1. The number of hydrogen-bond donors (Lipinski definition) is 0. The van der Waals surface area contributed by atoms with E-state index in [2.05, 4.69) is 15.1 Å². The highest BCUT2D eigenvalue weighted by Gasteiger charge is 2.36. The molecule has 3 aromatic rings. The number of benzene rings is 2. The molecular formula is C21H14ClFN4OS. The Morgan fingerprint density at radius 1 is 1.14 bits per heavy atom. The van der Waals surface area contributed by atoms with E-state index in [1.165, 1.54) is 23.9 Å². The van der Waals surface area contributed by atoms with Gasteiger partial charge in [0.15, 0.2) is 5.17 Å². The quantitative estimate of drug-likeness (QED) is 0.554. The van der Waals surface area contributed by atoms with Crippen LogP contribution in [-0.2, 0) is 4.79 Å². The summed E-state index contributed by atoms with van der Waals surface area (Å²) in [6.07, 6.45) is 0.497. The van der Waals surface area contributed by atoms with Gasteiger partial charge in [-0.2, -0.15) is 10.1 Å². The predicted molar refractivity (Wildman–Crippen MR) is 114 cm³/mol. The Morgan fingerprint density at radius 3 is 2.79 bits per heavy atom. The van der Waals surface area contributed by atoms with Gasteiger partial charge in [-0.1, -0.05) is 53.7 Å². The zero-order valence-corrected chi connectivity index (χ0v) is 16.6. The third-order valence-electron chi connectivity index (χ3n) is 4.87. The maximum Gasteiger partial charge on any atom is 0.258 e. The summed E-state index contributed by atoms with van der Waals surface area (Å²) in [5.74, 6) is -0.234. The highest BCUT2D eigenvalue weighted by atomic mass is 35.5. The van der Waals surface area contributed by atoms with E-state index in [1.54, 1.807) is 11.1 Å². The molecule has 0 saturated carbocycles. The number of hydrogen-bond acceptors (Lipinski definition) is 5. The van der Waals surface area contributed by atoms with Crippen molar-refractivity contribution in [1.82, 2.24) is 9.99 Å². The summed E-state index contributed by atoms with van der Waals surface area (Å²) < 4.78 is 13.8. The van der Waals surface area contributed by atoms with Crippen molar-refractivity contribution in [3.8, 4) is 0 Å². The molecule has 0 fully saturated rings. The second-order valence-corrected chi connectivity index (χ2v) is 8.06. The standard InChI is InChI=1S/C21H14ClFN4OS/c22-20-15(9-13-4-1-2-7-16(13)24-20)18-10-17(12-5-3-6-14(23)8-12)26-27(18)21-25-19(28)11-29-21/h1-9,18H,10-11H2. The van der Waals surface area contributed by atoms with Crippen molar-refractivity contribution >= 4 is 51.1 Å². The molecule has 1 atom stereocenters. The van der Waals surface area contributed by atoms with E-state index in [4.69, 9.17) is 11.6 Å². The van der Waals surface area contributed by atoms with Crippen LogP contribution in [0.3, 0.4) is 0 Å². The third-order valence-corrected chi connectivity index (χ3v) is 6.10. The van der Waals surface area contributed by atoms with Gasteiger partial charge < -0.3 is 0 Å². The normalized spacial score (nSPS) is 19.0. The van der Waals surface area contributed by atoms with Crippen molar-refractivity contribution in [2.45, 2.75) is 12.5 Å². The van der Waals surface area contributed by atoms with E-state index in [0.29, 0.717) is 28.0 Å². The van der Waals surface area contributed by atoms with Gasteiger partial charge in [-0.25, -0.2) is 14.4 Å². The SMILES string of the molecule is O=C1CSC(N2N=C(c3cccc(F)c3)CC2c2cc3ccccc3nc2Cl)=N1. The molecular weight excluding hydrogens is 411 g/mol. The van der Waals surface area contributed by atoms with Gasteiger partial charge in [-0.15, -0.1) is 0 Å². The molecule has 2 aromatic carbocycles. The number of thioether (sulfide) groups is 1. The van der Waals surface area contributed by atoms with Crippen LogP contribution in [0.1, 0.15) is 23.6 Å². The molecule has 8 heteroatoms. The topological polar surface area (TPSA) is 57.9 Å². The van der Waals surface area contributed by atoms with Crippen LogP contribution in [0.25, 0.3) is 10.9 Å². The molecule has 0 saturated heterocycles. The molecule has 0 N–H and O–H groups in total. The Labute approximate surface area is 175 Å². The first-order valence-corrected chi connectivity index (χ1v) is 10.4. The summed E-state index contributed by atoms with van der Waals surface area (Å²) in [4.78, 5) is 20.3. The number of carbonyl (C=O) groups excluding carboxylic acids is 1. The van der Waals surface area contributed by atoms with E-state index in [1.807, 2.05) is 36.4 Å². The van der Waals surface area contributed by atoms with Gasteiger partial charge in [0, 0.05) is 22.9 Å². The highest BCUT2D eigenvalue weighted by Crippen LogP contribution is 2.39. The Bertz CT molecular complexity index is 1210. The van der Waals surface area contributed by atoms with Crippen LogP contribution in [0.4, 0.5) is 4.39 Å². The highest BCUT2D eigenvalue weighted by molar-refractivity contribution is 8.14. The van der Waals surface area contributed by atoms with Gasteiger partial charge in [-0.3, -0.25) is 4.79 Å². The first kappa shape index (κ1) is 18.3. The summed E-state index contributed by atoms with van der Waals surface area (Å²) in [6.45, 7) is 0. The molecule has 1 unspecified atom stereocenters. The molecule has 2 aliphatic rings. The first-order valence-electron chi connectivity index (χ1n) is 9.00. The van der Waals surface area contributed by atoms with Crippen LogP contribution >= 0.6 is 23.4 Å². The number of carbonyl (C=O) groups is 1. The summed E-state index contributed by atoms with van der Waals surface area (Å²) in [5.41, 5.74) is 3.00. The van der Waals surface area contributed by atoms with Crippen molar-refractivity contribution in [3.63, 3.8) is 0 Å². The van der Waals surface area contributed by atoms with Crippen LogP contribution in [0.2, 0.25) is 5.15 Å². The lowest BCUT2D eigenvalue weighted by atomic mass is 9.98. The lowest BCUT2D eigenvalue weighted by Gasteiger charge is -2.23. The third kappa shape index (κ3) is 3.41. The van der Waals surface area contributed by atoms with E-state index in [0.717, 1.165) is 16.5 Å². The molecule has 1 amide bonds. The Kier molecular flexibility index (Phi) is 4.56. The fraction of sp³-hybridized carbons (Fsp3) is 0.143. The van der Waals surface area contributed by atoms with Crippen molar-refractivity contribution in [1.29, 1.82) is 0 Å². The first-order chi connectivity index (χ1) is 14.1. The van der Waals surface area contributed by atoms with Crippen LogP contribution in [0.15, 0.2) is 64.7 Å². The molecule has 1 aromatic heterocycles. The maximum absolute atomic E-state index is 13.8. The fourth-order valence-electron chi connectivity index (χ4n) is 3.53. The molecule has 0 bridgehead atoms. The Hall–Kier alpha value is -2.77. The smallest absolute Gasteiger partial charge is 0.258 e. The monoisotopic (exact) mass is 424 g/mol. The molecule has 0 spiro atoms. The van der Waals surface area contributed by atoms with Crippen molar-refractivity contribution in [2.75, 3.05) is 5.75 Å². The molecule has 144 valence electrons. The van der Waals surface area contributed by atoms with E-state index in [-0.39, 0.29) is 23.5 Å². The second kappa shape index (κ2) is 7.24. The summed E-state index contributed by atoms with van der Waals surface area (Å²) in [7, 11) is 0. The second-order valence-electron chi connectivity index (χ2n) is 6.76. The summed E-state index contributed by atoms with van der Waals surface area (Å²) in [5, 5.41) is 8.27. The minimum absolute atomic E-state index is 0.194. The van der Waals surface area contributed by atoms with Gasteiger partial charge >= 0.3 is 0 Å². The number of fused-ring (bicyclic) bond motifs is 1. The fourth-order valence-corrected chi connectivity index (χ4v) is 4.58. The number of rotatable bonds is 2. The van der Waals surface area contributed by atoms with Gasteiger partial charge in [-0.05, 0) is 24.3 Å². The molecule has 0 aliphatic carbocycles. The molecule has 29 heavy (non-hydrogen) atoms. The van der Waals surface area contributed by atoms with Gasteiger partial charge in [0.2, 0.25) is 0 Å². The molecule has 3 heterocycles. The van der Waals surface area contributed by atoms with Gasteiger partial charge in [0.05, 0.1) is 23.0 Å². The number of amidine groups is 1. The van der Waals surface area contributed by atoms with Crippen molar-refractivity contribution in [3.05, 3.63) is 76.7 Å². The zero-order valence-electron chi connectivity index (χ0n) is 15.0. The molecule has 5 rings (SSSR count). The summed E-state index contributed by atoms with van der Waals surface area (Å²) in [6, 6.07) is 15.8. The van der Waals surface area contributed by atoms with Gasteiger partial charge in [0.1, 0.15) is 11.0 Å². The van der Waals surface area contributed by atoms with Crippen LogP contribution in [-0.4, -0.2) is 32.5 Å². The van der Waals surface area contributed by atoms with E-state index in [9.17, 15) is 9.18 Å². The maximum atomic E-state index is 13.8. The number of hydrazone groups is 1. The van der Waals surface area contributed by atoms with Crippen LogP contribution in [0.5, 0.6) is 0 Å². The number of aromatic nitrogens is 1. The average molecular weight is 425 g/mol. The summed E-state index contributed by atoms with van der Waals surface area (Å²) >= 11 is 7.88. The minimum atomic E-state index is -0.326. The Morgan fingerprint density at radius 2 is 2.00 bits per heavy atom. The predicted octanol–water partition coefficient (Wildman–Crippen LogP) is 4.81. The van der Waals surface area contributed by atoms with Crippen LogP contribution in [0, 0.1) is 5.82 Å². The van der Waals surface area contributed by atoms with Gasteiger partial charge in [0.25, 0.3) is 5.91 Å². The van der Waals surface area contributed by atoms with Crippen molar-refractivity contribution in [2.24, 2.45) is 10.1 Å². The van der Waals surface area contributed by atoms with Crippen LogP contribution < -0.4 is 0 Å². The average Bonchev–Trinajstić information content (AvgIpc) is 3.34. The van der Waals surface area contributed by atoms with E-state index < -0.39 is 0 Å². The molecule has 0 radical (unpaired) electrons. The number of amides is 1. The lowest BCUT2D eigenvalue weighted by molar-refractivity contribution is -0.115. The number of aliphatic imine (C=N–C) groups is 1. The molecule has 2 aliphatic heterocycles. The minimum Gasteiger partial charge on any atom is -0.272 e. The number of pyridine rings is 1. The van der Waals surface area contributed by atoms with E-state index >= 15 is 0 Å². The lowest BCUT2D eigenvalue weighted by Crippen LogP contribution is -2.24. The van der Waals surface area contributed by atoms with Crippen molar-refractivity contribution < 1.29 is 9.18 Å². The molecule has 5 nitrogen and oxygen atoms in total. The zero-order chi connectivity index (χ0) is 20.0. The Balaban J connectivity index is 1.61. The largest absolute Gasteiger partial charge is 0.272 e.